The van der Waals surface area contributed by atoms with Crippen molar-refractivity contribution < 1.29 is 4.79 Å². The van der Waals surface area contributed by atoms with Gasteiger partial charge in [-0.3, -0.25) is 0 Å². The molecule has 0 aromatic heterocycles. The number of thiocarbonyl (C=S) groups is 2. The molecule has 0 radical (unpaired) electrons. The van der Waals surface area contributed by atoms with E-state index in [4.69, 9.17) is 24.4 Å². The van der Waals surface area contributed by atoms with Crippen molar-refractivity contribution in [3.8, 4) is 0 Å². The highest BCUT2D eigenvalue weighted by atomic mass is 32.2. The zero-order valence-corrected chi connectivity index (χ0v) is 13.0. The van der Waals surface area contributed by atoms with Gasteiger partial charge in [0, 0.05) is 13.1 Å². The van der Waals surface area contributed by atoms with Crippen LogP contribution in [0.5, 0.6) is 0 Å². The number of rotatable bonds is 6. The van der Waals surface area contributed by atoms with Crippen LogP contribution < -0.4 is 10.6 Å². The van der Waals surface area contributed by atoms with Crippen molar-refractivity contribution in [3.05, 3.63) is 5.70 Å². The van der Waals surface area contributed by atoms with Crippen LogP contribution in [0, 0.1) is 0 Å². The van der Waals surface area contributed by atoms with Gasteiger partial charge < -0.3 is 10.6 Å². The molecule has 0 aliphatic heterocycles. The average molecular weight is 310 g/mol. The minimum atomic E-state index is 0.241. The first-order valence-corrected chi connectivity index (χ1v) is 7.01. The Bertz CT molecular complexity index is 324. The van der Waals surface area contributed by atoms with Crippen LogP contribution in [0.3, 0.4) is 0 Å². The summed E-state index contributed by atoms with van der Waals surface area (Å²) in [6, 6.07) is 0. The fourth-order valence-electron chi connectivity index (χ4n) is 0.886. The van der Waals surface area contributed by atoms with Crippen molar-refractivity contribution in [1.82, 2.24) is 14.9 Å². The number of hydrogen-bond donors (Lipinski definition) is 3. The maximum atomic E-state index is 10.7. The molecule has 0 heterocycles. The topological polar surface area (TPSA) is 44.4 Å². The molecule has 0 saturated carbocycles. The molecule has 0 aliphatic carbocycles. The molecule has 0 aliphatic rings. The molecule has 96 valence electrons. The third-order valence-corrected chi connectivity index (χ3v) is 3.38. The van der Waals surface area contributed by atoms with E-state index < -0.39 is 0 Å². The molecular formula is C9H15N3OS4. The van der Waals surface area contributed by atoms with Gasteiger partial charge in [0.15, 0.2) is 4.32 Å². The molecule has 0 aromatic rings. The quantitative estimate of drug-likeness (QED) is 0.296. The zero-order chi connectivity index (χ0) is 13.3. The van der Waals surface area contributed by atoms with E-state index in [0.29, 0.717) is 14.3 Å². The highest BCUT2D eigenvalue weighted by Crippen LogP contribution is 2.10. The summed E-state index contributed by atoms with van der Waals surface area (Å²) in [6.45, 7) is 6.07. The maximum Gasteiger partial charge on any atom is 0.153 e. The minimum Gasteiger partial charge on any atom is -0.365 e. The SMILES string of the molecule is CCN(CC)SC(=S)NC(=C=O)CNC(=S)S. The van der Waals surface area contributed by atoms with Gasteiger partial charge in [-0.1, -0.05) is 38.3 Å². The molecule has 0 aromatic carbocycles. The Kier molecular flexibility index (Phi) is 9.81. The lowest BCUT2D eigenvalue weighted by Gasteiger charge is -2.17. The number of hydrogen-bond acceptors (Lipinski definition) is 5. The smallest absolute Gasteiger partial charge is 0.153 e. The van der Waals surface area contributed by atoms with Crippen LogP contribution in [-0.4, -0.2) is 38.5 Å². The summed E-state index contributed by atoms with van der Waals surface area (Å²) in [5.41, 5.74) is 0.311. The third-order valence-electron chi connectivity index (χ3n) is 1.71. The first kappa shape index (κ1) is 16.9. The second-order valence-corrected chi connectivity index (χ2v) is 5.79. The fourth-order valence-corrected chi connectivity index (χ4v) is 2.14. The van der Waals surface area contributed by atoms with Crippen molar-refractivity contribution in [1.29, 1.82) is 0 Å². The van der Waals surface area contributed by atoms with Crippen LogP contribution in [0.15, 0.2) is 5.70 Å². The van der Waals surface area contributed by atoms with E-state index in [0.717, 1.165) is 13.1 Å². The lowest BCUT2D eigenvalue weighted by atomic mass is 10.5. The number of carbonyl (C=O) groups excluding carboxylic acids is 1. The zero-order valence-electron chi connectivity index (χ0n) is 9.65. The Morgan fingerprint density at radius 3 is 2.41 bits per heavy atom. The molecule has 0 spiro atoms. The Morgan fingerprint density at radius 1 is 1.41 bits per heavy atom. The maximum absolute atomic E-state index is 10.7. The van der Waals surface area contributed by atoms with E-state index in [1.54, 1.807) is 5.94 Å². The molecule has 0 saturated heterocycles. The molecule has 17 heavy (non-hydrogen) atoms. The van der Waals surface area contributed by atoms with Gasteiger partial charge in [-0.25, -0.2) is 9.10 Å². The van der Waals surface area contributed by atoms with E-state index in [2.05, 4.69) is 27.6 Å². The first-order chi connectivity index (χ1) is 8.03. The summed E-state index contributed by atoms with van der Waals surface area (Å²) in [5, 5.41) is 5.55. The van der Waals surface area contributed by atoms with Gasteiger partial charge in [-0.05, 0) is 11.9 Å². The van der Waals surface area contributed by atoms with Gasteiger partial charge in [0.25, 0.3) is 0 Å². The number of thiol groups is 1. The molecule has 0 amide bonds. The molecule has 8 heteroatoms. The molecule has 0 atom stereocenters. The van der Waals surface area contributed by atoms with Gasteiger partial charge in [0.2, 0.25) is 0 Å². The molecule has 0 unspecified atom stereocenters. The lowest BCUT2D eigenvalue weighted by Crippen LogP contribution is -2.31. The van der Waals surface area contributed by atoms with Gasteiger partial charge in [-0.15, -0.1) is 12.6 Å². The average Bonchev–Trinajstić information content (AvgIpc) is 2.31. The van der Waals surface area contributed by atoms with E-state index in [1.165, 1.54) is 11.9 Å². The van der Waals surface area contributed by atoms with Gasteiger partial charge >= 0.3 is 0 Å². The Balaban J connectivity index is 4.16. The fraction of sp³-hybridized carbons (Fsp3) is 0.556. The molecule has 2 N–H and O–H groups in total. The van der Waals surface area contributed by atoms with Crippen LogP contribution in [0.2, 0.25) is 0 Å². The monoisotopic (exact) mass is 309 g/mol. The highest BCUT2D eigenvalue weighted by molar-refractivity contribution is 8.21. The predicted molar refractivity (Wildman–Crippen MR) is 85.0 cm³/mol. The van der Waals surface area contributed by atoms with Gasteiger partial charge in [0.1, 0.15) is 16.0 Å². The molecular weight excluding hydrogens is 294 g/mol. The Labute approximate surface area is 122 Å². The van der Waals surface area contributed by atoms with Gasteiger partial charge in [-0.2, -0.15) is 0 Å². The van der Waals surface area contributed by atoms with Crippen LogP contribution in [0.1, 0.15) is 13.8 Å². The molecule has 0 fully saturated rings. The standard InChI is InChI=1S/C9H15N3OS4/c1-3-12(4-2)17-9(16)11-7(6-13)5-10-8(14)15/h3-5H2,1-2H3,(H,11,16)(H2,10,14,15). The summed E-state index contributed by atoms with van der Waals surface area (Å²) in [7, 11) is 0. The van der Waals surface area contributed by atoms with Crippen molar-refractivity contribution >= 4 is 63.6 Å². The summed E-state index contributed by atoms with van der Waals surface area (Å²) in [4.78, 5) is 10.7. The van der Waals surface area contributed by atoms with E-state index in [1.807, 2.05) is 13.8 Å². The van der Waals surface area contributed by atoms with Crippen LogP contribution in [0.4, 0.5) is 0 Å². The van der Waals surface area contributed by atoms with Crippen LogP contribution in [0.25, 0.3) is 0 Å². The van der Waals surface area contributed by atoms with Crippen molar-refractivity contribution in [2.24, 2.45) is 0 Å². The minimum absolute atomic E-state index is 0.241. The number of nitrogens with zero attached hydrogens (tertiary/aromatic N) is 1. The highest BCUT2D eigenvalue weighted by Gasteiger charge is 2.07. The lowest BCUT2D eigenvalue weighted by molar-refractivity contribution is 0.529. The molecule has 0 bridgehead atoms. The molecule has 0 rings (SSSR count). The van der Waals surface area contributed by atoms with Crippen molar-refractivity contribution in [2.45, 2.75) is 13.8 Å². The predicted octanol–water partition coefficient (Wildman–Crippen LogP) is 1.37. The van der Waals surface area contributed by atoms with Crippen LogP contribution in [-0.2, 0) is 4.79 Å². The summed E-state index contributed by atoms with van der Waals surface area (Å²) < 4.78 is 2.90. The number of nitrogens with one attached hydrogen (secondary N) is 2. The Hall–Kier alpha value is -0.110. The normalized spacial score (nSPS) is 9.65. The van der Waals surface area contributed by atoms with E-state index in [-0.39, 0.29) is 6.54 Å². The van der Waals surface area contributed by atoms with E-state index in [9.17, 15) is 4.79 Å². The van der Waals surface area contributed by atoms with Crippen LogP contribution >= 0.6 is 49.0 Å². The third kappa shape index (κ3) is 8.59. The summed E-state index contributed by atoms with van der Waals surface area (Å²) in [6.07, 6.45) is 0. The van der Waals surface area contributed by atoms with E-state index >= 15 is 0 Å². The van der Waals surface area contributed by atoms with Crippen molar-refractivity contribution in [2.75, 3.05) is 19.6 Å². The van der Waals surface area contributed by atoms with Crippen molar-refractivity contribution in [3.63, 3.8) is 0 Å². The second kappa shape index (κ2) is 9.87. The Morgan fingerprint density at radius 2 is 2.00 bits per heavy atom. The largest absolute Gasteiger partial charge is 0.365 e. The summed E-state index contributed by atoms with van der Waals surface area (Å²) >= 11 is 15.1. The molecule has 4 nitrogen and oxygen atoms in total. The van der Waals surface area contributed by atoms with Gasteiger partial charge in [0.05, 0.1) is 6.54 Å². The summed E-state index contributed by atoms with van der Waals surface area (Å²) in [5.74, 6) is 1.78. The second-order valence-electron chi connectivity index (χ2n) is 2.86. The first-order valence-electron chi connectivity index (χ1n) is 4.98.